The molecule has 0 bridgehead atoms. The van der Waals surface area contributed by atoms with Gasteiger partial charge in [0.2, 0.25) is 0 Å². The summed E-state index contributed by atoms with van der Waals surface area (Å²) in [5.41, 5.74) is 1.08. The van der Waals surface area contributed by atoms with E-state index in [0.29, 0.717) is 55.3 Å². The number of anilines is 1. The molecule has 2 aliphatic rings. The summed E-state index contributed by atoms with van der Waals surface area (Å²) >= 11 is 0. The van der Waals surface area contributed by atoms with Crippen molar-refractivity contribution in [2.45, 2.75) is 46.1 Å². The second kappa shape index (κ2) is 9.41. The minimum Gasteiger partial charge on any atom is -0.378 e. The van der Waals surface area contributed by atoms with Gasteiger partial charge in [-0.1, -0.05) is 39.3 Å². The highest BCUT2D eigenvalue weighted by Crippen LogP contribution is 2.33. The summed E-state index contributed by atoms with van der Waals surface area (Å²) in [5.74, 6) is 1.58. The molecule has 2 N–H and O–H groups in total. The molecule has 0 radical (unpaired) electrons. The maximum atomic E-state index is 12.9. The Hall–Kier alpha value is -2.08. The molecule has 1 saturated heterocycles. The van der Waals surface area contributed by atoms with Crippen LogP contribution in [0.15, 0.2) is 24.3 Å². The molecule has 1 aliphatic carbocycles. The Kier molecular flexibility index (Phi) is 6.94. The maximum Gasteiger partial charge on any atom is 0.319 e. The van der Waals surface area contributed by atoms with Crippen LogP contribution in [0.1, 0.15) is 50.4 Å². The quantitative estimate of drug-likeness (QED) is 0.827. The van der Waals surface area contributed by atoms with Gasteiger partial charge in [-0.15, -0.1) is 0 Å². The normalized spacial score (nSPS) is 25.4. The van der Waals surface area contributed by atoms with Gasteiger partial charge in [0.05, 0.1) is 24.5 Å². The van der Waals surface area contributed by atoms with Crippen molar-refractivity contribution in [1.82, 2.24) is 10.2 Å². The number of para-hydroxylation sites is 1. The highest BCUT2D eigenvalue weighted by atomic mass is 16.5. The minimum absolute atomic E-state index is 0.0643. The Balaban J connectivity index is 1.67. The molecule has 0 spiro atoms. The Labute approximate surface area is 168 Å². The fourth-order valence-corrected chi connectivity index (χ4v) is 4.41. The lowest BCUT2D eigenvalue weighted by Crippen LogP contribution is -2.47. The molecule has 3 rings (SSSR count). The Bertz CT molecular complexity index is 685. The summed E-state index contributed by atoms with van der Waals surface area (Å²) in [6, 6.07) is 7.17. The van der Waals surface area contributed by atoms with Crippen LogP contribution < -0.4 is 10.6 Å². The predicted octanol–water partition coefficient (Wildman–Crippen LogP) is 3.74. The number of ether oxygens (including phenoxy) is 1. The van der Waals surface area contributed by atoms with Crippen molar-refractivity contribution in [2.75, 3.05) is 31.6 Å². The van der Waals surface area contributed by atoms with Crippen LogP contribution in [0.4, 0.5) is 10.5 Å². The molecule has 3 amide bonds. The van der Waals surface area contributed by atoms with Crippen molar-refractivity contribution in [1.29, 1.82) is 0 Å². The molecule has 28 heavy (non-hydrogen) atoms. The van der Waals surface area contributed by atoms with Crippen LogP contribution in [-0.4, -0.2) is 49.2 Å². The van der Waals surface area contributed by atoms with Gasteiger partial charge in [0.1, 0.15) is 0 Å². The van der Waals surface area contributed by atoms with E-state index >= 15 is 0 Å². The van der Waals surface area contributed by atoms with Crippen molar-refractivity contribution >= 4 is 17.6 Å². The molecule has 1 aromatic carbocycles. The molecule has 6 nitrogen and oxygen atoms in total. The Morgan fingerprint density at radius 3 is 2.57 bits per heavy atom. The predicted molar refractivity (Wildman–Crippen MR) is 110 cm³/mol. The molecule has 1 aliphatic heterocycles. The number of hydrogen-bond acceptors (Lipinski definition) is 3. The first-order chi connectivity index (χ1) is 13.5. The highest BCUT2D eigenvalue weighted by Gasteiger charge is 2.32. The van der Waals surface area contributed by atoms with Gasteiger partial charge in [-0.25, -0.2) is 4.79 Å². The van der Waals surface area contributed by atoms with Crippen molar-refractivity contribution in [3.63, 3.8) is 0 Å². The summed E-state index contributed by atoms with van der Waals surface area (Å²) in [7, 11) is 0. The number of urea groups is 1. The third kappa shape index (κ3) is 5.04. The zero-order chi connectivity index (χ0) is 20.1. The Morgan fingerprint density at radius 2 is 1.86 bits per heavy atom. The fraction of sp³-hybridized carbons (Fsp3) is 0.636. The first-order valence-electron chi connectivity index (χ1n) is 10.5. The fourth-order valence-electron chi connectivity index (χ4n) is 4.41. The lowest BCUT2D eigenvalue weighted by Gasteiger charge is -2.37. The number of rotatable bonds is 4. The second-order valence-corrected chi connectivity index (χ2v) is 8.48. The van der Waals surface area contributed by atoms with Crippen molar-refractivity contribution in [3.8, 4) is 0 Å². The maximum absolute atomic E-state index is 12.9. The van der Waals surface area contributed by atoms with Gasteiger partial charge in [-0.05, 0) is 42.7 Å². The van der Waals surface area contributed by atoms with E-state index in [1.807, 2.05) is 12.1 Å². The number of amides is 3. The van der Waals surface area contributed by atoms with E-state index in [9.17, 15) is 9.59 Å². The molecule has 154 valence electrons. The summed E-state index contributed by atoms with van der Waals surface area (Å²) in [5, 5.41) is 6.10. The van der Waals surface area contributed by atoms with E-state index in [4.69, 9.17) is 4.74 Å². The number of carbonyl (C=O) groups excluding carboxylic acids is 2. The van der Waals surface area contributed by atoms with Crippen LogP contribution in [0.5, 0.6) is 0 Å². The van der Waals surface area contributed by atoms with Crippen LogP contribution >= 0.6 is 0 Å². The average Bonchev–Trinajstić information content (AvgIpc) is 2.68. The van der Waals surface area contributed by atoms with Crippen LogP contribution in [0.3, 0.4) is 0 Å². The lowest BCUT2D eigenvalue weighted by atomic mass is 9.74. The van der Waals surface area contributed by atoms with Crippen molar-refractivity contribution < 1.29 is 14.3 Å². The standard InChI is InChI=1S/C22H33N3O3/c1-15(2)17-9-8-16(3)14-20(17)24-22(27)23-19-7-5-4-6-18(19)21(26)25-10-12-28-13-11-25/h4-7,15-17,20H,8-14H2,1-3H3,(H2,23,24,27)/t16-,17-,20+/m1/s1. The average molecular weight is 388 g/mol. The van der Waals surface area contributed by atoms with E-state index in [1.54, 1.807) is 17.0 Å². The van der Waals surface area contributed by atoms with Gasteiger partial charge in [0.25, 0.3) is 5.91 Å². The van der Waals surface area contributed by atoms with E-state index in [1.165, 1.54) is 6.42 Å². The van der Waals surface area contributed by atoms with E-state index in [-0.39, 0.29) is 18.0 Å². The molecule has 0 aromatic heterocycles. The summed E-state index contributed by atoms with van der Waals surface area (Å²) in [4.78, 5) is 27.4. The minimum atomic E-state index is -0.230. The highest BCUT2D eigenvalue weighted by molar-refractivity contribution is 6.03. The van der Waals surface area contributed by atoms with E-state index in [2.05, 4.69) is 31.4 Å². The number of nitrogens with one attached hydrogen (secondary N) is 2. The molecule has 6 heteroatoms. The topological polar surface area (TPSA) is 70.7 Å². The lowest BCUT2D eigenvalue weighted by molar-refractivity contribution is 0.0303. The van der Waals surface area contributed by atoms with E-state index in [0.717, 1.165) is 12.8 Å². The van der Waals surface area contributed by atoms with Gasteiger partial charge < -0.3 is 20.3 Å². The molecule has 1 aromatic rings. The molecular weight excluding hydrogens is 354 g/mol. The summed E-state index contributed by atoms with van der Waals surface area (Å²) in [6.07, 6.45) is 3.38. The van der Waals surface area contributed by atoms with Gasteiger partial charge in [-0.3, -0.25) is 4.79 Å². The molecule has 1 heterocycles. The molecule has 1 saturated carbocycles. The first kappa shape index (κ1) is 20.6. The number of benzene rings is 1. The summed E-state index contributed by atoms with van der Waals surface area (Å²) in [6.45, 7) is 8.97. The zero-order valence-corrected chi connectivity index (χ0v) is 17.2. The smallest absolute Gasteiger partial charge is 0.319 e. The molecule has 3 atom stereocenters. The Morgan fingerprint density at radius 1 is 1.14 bits per heavy atom. The van der Waals surface area contributed by atoms with Crippen molar-refractivity contribution in [3.05, 3.63) is 29.8 Å². The van der Waals surface area contributed by atoms with Gasteiger partial charge in [0, 0.05) is 19.1 Å². The SMILES string of the molecule is CC(C)[C@H]1CC[C@@H](C)C[C@@H]1NC(=O)Nc1ccccc1C(=O)N1CCOCC1. The number of carbonyl (C=O) groups is 2. The van der Waals surface area contributed by atoms with Gasteiger partial charge in [-0.2, -0.15) is 0 Å². The van der Waals surface area contributed by atoms with Gasteiger partial charge in [0.15, 0.2) is 0 Å². The number of hydrogen-bond donors (Lipinski definition) is 2. The zero-order valence-electron chi connectivity index (χ0n) is 17.2. The van der Waals surface area contributed by atoms with Crippen LogP contribution in [-0.2, 0) is 4.74 Å². The largest absolute Gasteiger partial charge is 0.378 e. The van der Waals surface area contributed by atoms with Crippen LogP contribution in [0, 0.1) is 17.8 Å². The second-order valence-electron chi connectivity index (χ2n) is 8.48. The third-order valence-corrected chi connectivity index (χ3v) is 6.04. The summed E-state index contributed by atoms with van der Waals surface area (Å²) < 4.78 is 5.33. The van der Waals surface area contributed by atoms with Gasteiger partial charge >= 0.3 is 6.03 Å². The first-order valence-corrected chi connectivity index (χ1v) is 10.5. The molecular formula is C22H33N3O3. The third-order valence-electron chi connectivity index (χ3n) is 6.04. The monoisotopic (exact) mass is 387 g/mol. The number of nitrogens with zero attached hydrogens (tertiary/aromatic N) is 1. The molecule has 0 unspecified atom stereocenters. The molecule has 2 fully saturated rings. The van der Waals surface area contributed by atoms with Crippen LogP contribution in [0.2, 0.25) is 0 Å². The van der Waals surface area contributed by atoms with Crippen molar-refractivity contribution in [2.24, 2.45) is 17.8 Å². The van der Waals surface area contributed by atoms with E-state index < -0.39 is 0 Å². The van der Waals surface area contributed by atoms with Crippen LogP contribution in [0.25, 0.3) is 0 Å². The number of morpholine rings is 1.